The zero-order valence-electron chi connectivity index (χ0n) is 22.5. The first-order valence-electron chi connectivity index (χ1n) is 14.1. The van der Waals surface area contributed by atoms with E-state index in [9.17, 15) is 14.4 Å². The number of rotatable bonds is 9. The number of carbonyl (C=O) groups excluding carboxylic acids is 3. The second-order valence-corrected chi connectivity index (χ2v) is 11.5. The van der Waals surface area contributed by atoms with E-state index in [1.807, 2.05) is 36.2 Å². The van der Waals surface area contributed by atoms with Crippen LogP contribution in [0.4, 0.5) is 10.5 Å². The number of fused-ring (bicyclic) bond motifs is 1. The second kappa shape index (κ2) is 11.7. The lowest BCUT2D eigenvalue weighted by Gasteiger charge is -2.35. The van der Waals surface area contributed by atoms with Gasteiger partial charge in [0.05, 0.1) is 23.8 Å². The number of ether oxygens (including phenoxy) is 1. The Bertz CT molecular complexity index is 1190. The van der Waals surface area contributed by atoms with Gasteiger partial charge < -0.3 is 19.5 Å². The summed E-state index contributed by atoms with van der Waals surface area (Å²) < 4.78 is 7.34. The lowest BCUT2D eigenvalue weighted by molar-refractivity contribution is -0.141. The van der Waals surface area contributed by atoms with Gasteiger partial charge >= 0.3 is 6.09 Å². The Labute approximate surface area is 229 Å². The van der Waals surface area contributed by atoms with Crippen LogP contribution < -0.4 is 10.2 Å². The molecule has 2 amide bonds. The summed E-state index contributed by atoms with van der Waals surface area (Å²) in [6.45, 7) is 4.09. The lowest BCUT2D eigenvalue weighted by Crippen LogP contribution is -2.45. The van der Waals surface area contributed by atoms with Crippen LogP contribution in [0.25, 0.3) is 10.9 Å². The minimum Gasteiger partial charge on any atom is -0.447 e. The van der Waals surface area contributed by atoms with Crippen molar-refractivity contribution >= 4 is 46.0 Å². The van der Waals surface area contributed by atoms with Gasteiger partial charge in [0.25, 0.3) is 0 Å². The van der Waals surface area contributed by atoms with Crippen molar-refractivity contribution in [2.45, 2.75) is 76.9 Å². The standard InChI is InChI=1S/C29H39ClN4O4/c1-19(31-2)27(35)16-23(20-7-4-3-5-8-20)28(36)33-12-6-9-22(33)17-32-18-26(34-13-14-38-29(34)37)24-15-21(30)10-11-25(24)32/h10-11,15,18-20,22-23,31H,3-9,12-14,16-17H2,1-2H3. The van der Waals surface area contributed by atoms with Gasteiger partial charge in [-0.25, -0.2) is 4.79 Å². The fourth-order valence-electron chi connectivity index (χ4n) is 6.53. The number of nitrogens with zero attached hydrogens (tertiary/aromatic N) is 3. The first kappa shape index (κ1) is 27.0. The maximum absolute atomic E-state index is 14.1. The molecule has 1 aromatic heterocycles. The molecule has 1 N–H and O–H groups in total. The zero-order valence-corrected chi connectivity index (χ0v) is 23.2. The van der Waals surface area contributed by atoms with Crippen LogP contribution in [-0.2, 0) is 20.9 Å². The molecule has 2 aromatic rings. The van der Waals surface area contributed by atoms with E-state index in [1.165, 1.54) is 6.42 Å². The smallest absolute Gasteiger partial charge is 0.414 e. The predicted octanol–water partition coefficient (Wildman–Crippen LogP) is 5.01. The van der Waals surface area contributed by atoms with E-state index in [2.05, 4.69) is 9.88 Å². The highest BCUT2D eigenvalue weighted by molar-refractivity contribution is 6.31. The molecule has 3 atom stereocenters. The summed E-state index contributed by atoms with van der Waals surface area (Å²) >= 11 is 6.33. The molecule has 3 heterocycles. The van der Waals surface area contributed by atoms with Gasteiger partial charge in [-0.1, -0.05) is 30.9 Å². The Morgan fingerprint density at radius 2 is 1.92 bits per heavy atom. The van der Waals surface area contributed by atoms with Crippen LogP contribution in [0.2, 0.25) is 5.02 Å². The molecule has 2 saturated heterocycles. The quantitative estimate of drug-likeness (QED) is 0.482. The first-order chi connectivity index (χ1) is 18.4. The molecule has 38 heavy (non-hydrogen) atoms. The van der Waals surface area contributed by atoms with Gasteiger partial charge in [-0.2, -0.15) is 0 Å². The fourth-order valence-corrected chi connectivity index (χ4v) is 6.70. The topological polar surface area (TPSA) is 83.9 Å². The van der Waals surface area contributed by atoms with E-state index in [-0.39, 0.29) is 41.7 Å². The number of carbonyl (C=O) groups is 3. The number of halogens is 1. The van der Waals surface area contributed by atoms with Gasteiger partial charge in [0.1, 0.15) is 12.4 Å². The molecule has 1 saturated carbocycles. The number of hydrogen-bond acceptors (Lipinski definition) is 5. The van der Waals surface area contributed by atoms with Gasteiger partial charge in [-0.15, -0.1) is 0 Å². The lowest BCUT2D eigenvalue weighted by atomic mass is 9.76. The minimum atomic E-state index is -0.350. The third-order valence-corrected chi connectivity index (χ3v) is 9.05. The van der Waals surface area contributed by atoms with Crippen LogP contribution >= 0.6 is 11.6 Å². The average Bonchev–Trinajstić information content (AvgIpc) is 3.65. The molecule has 1 aliphatic carbocycles. The molecule has 3 unspecified atom stereocenters. The summed E-state index contributed by atoms with van der Waals surface area (Å²) in [4.78, 5) is 43.1. The monoisotopic (exact) mass is 542 g/mol. The van der Waals surface area contributed by atoms with Crippen molar-refractivity contribution in [2.75, 3.05) is 31.6 Å². The number of likely N-dealkylation sites (tertiary alicyclic amines) is 1. The number of likely N-dealkylation sites (N-methyl/N-ethyl adjacent to an activating group) is 1. The Kier molecular flexibility index (Phi) is 8.29. The van der Waals surface area contributed by atoms with Crippen molar-refractivity contribution in [1.29, 1.82) is 0 Å². The van der Waals surface area contributed by atoms with Crippen LogP contribution in [0.3, 0.4) is 0 Å². The van der Waals surface area contributed by atoms with Crippen molar-refractivity contribution < 1.29 is 19.1 Å². The maximum Gasteiger partial charge on any atom is 0.414 e. The number of amides is 2. The van der Waals surface area contributed by atoms with Crippen molar-refractivity contribution in [3.05, 3.63) is 29.4 Å². The highest BCUT2D eigenvalue weighted by atomic mass is 35.5. The number of nitrogens with one attached hydrogen (secondary N) is 1. The molecule has 0 bridgehead atoms. The van der Waals surface area contributed by atoms with Crippen molar-refractivity contribution in [1.82, 2.24) is 14.8 Å². The summed E-state index contributed by atoms with van der Waals surface area (Å²) in [7, 11) is 1.79. The van der Waals surface area contributed by atoms with Crippen LogP contribution in [-0.4, -0.2) is 66.1 Å². The van der Waals surface area contributed by atoms with Crippen LogP contribution in [0.5, 0.6) is 0 Å². The summed E-state index contributed by atoms with van der Waals surface area (Å²) in [5, 5.41) is 4.56. The number of anilines is 1. The van der Waals surface area contributed by atoms with Crippen LogP contribution in [0.1, 0.15) is 58.3 Å². The molecule has 1 aromatic carbocycles. The number of hydrogen-bond donors (Lipinski definition) is 1. The van der Waals surface area contributed by atoms with Crippen molar-refractivity contribution in [3.8, 4) is 0 Å². The Balaban J connectivity index is 1.40. The van der Waals surface area contributed by atoms with E-state index >= 15 is 0 Å². The highest BCUT2D eigenvalue weighted by Gasteiger charge is 2.39. The molecule has 0 spiro atoms. The van der Waals surface area contributed by atoms with Gasteiger partial charge in [0, 0.05) is 48.1 Å². The molecule has 0 radical (unpaired) electrons. The molecule has 8 nitrogen and oxygen atoms in total. The molecule has 3 fully saturated rings. The highest BCUT2D eigenvalue weighted by Crippen LogP contribution is 2.37. The van der Waals surface area contributed by atoms with Gasteiger partial charge in [0.2, 0.25) is 5.91 Å². The summed E-state index contributed by atoms with van der Waals surface area (Å²) in [5.74, 6) is 0.267. The van der Waals surface area contributed by atoms with Crippen molar-refractivity contribution in [2.24, 2.45) is 11.8 Å². The zero-order chi connectivity index (χ0) is 26.8. The number of aromatic nitrogens is 1. The Morgan fingerprint density at radius 3 is 2.63 bits per heavy atom. The normalized spacial score (nSPS) is 22.2. The van der Waals surface area contributed by atoms with E-state index in [4.69, 9.17) is 16.3 Å². The molecule has 3 aliphatic rings. The molecule has 2 aliphatic heterocycles. The van der Waals surface area contributed by atoms with E-state index < -0.39 is 0 Å². The maximum atomic E-state index is 14.1. The molecule has 9 heteroatoms. The molecule has 206 valence electrons. The first-order valence-corrected chi connectivity index (χ1v) is 14.5. The average molecular weight is 543 g/mol. The third kappa shape index (κ3) is 5.43. The van der Waals surface area contributed by atoms with E-state index in [1.54, 1.807) is 11.9 Å². The second-order valence-electron chi connectivity index (χ2n) is 11.1. The van der Waals surface area contributed by atoms with Crippen LogP contribution in [0.15, 0.2) is 24.4 Å². The summed E-state index contributed by atoms with van der Waals surface area (Å²) in [6, 6.07) is 5.51. The summed E-state index contributed by atoms with van der Waals surface area (Å²) in [6.07, 6.45) is 9.33. The van der Waals surface area contributed by atoms with E-state index in [0.29, 0.717) is 31.1 Å². The molecular weight excluding hydrogens is 504 g/mol. The van der Waals surface area contributed by atoms with E-state index in [0.717, 1.165) is 61.7 Å². The number of cyclic esters (lactones) is 1. The molecular formula is C29H39ClN4O4. The Morgan fingerprint density at radius 1 is 1.13 bits per heavy atom. The van der Waals surface area contributed by atoms with Gasteiger partial charge in [-0.3, -0.25) is 14.5 Å². The number of benzene rings is 1. The summed E-state index contributed by atoms with van der Waals surface area (Å²) in [5.41, 5.74) is 1.76. The predicted molar refractivity (Wildman–Crippen MR) is 149 cm³/mol. The van der Waals surface area contributed by atoms with Crippen LogP contribution in [0, 0.1) is 11.8 Å². The number of Topliss-reactive ketones (excluding diaryl/α,β-unsaturated/α-hetero) is 1. The van der Waals surface area contributed by atoms with Gasteiger partial charge in [-0.05, 0) is 63.8 Å². The minimum absolute atomic E-state index is 0.0371. The number of ketones is 1. The van der Waals surface area contributed by atoms with Gasteiger partial charge in [0.15, 0.2) is 0 Å². The SMILES string of the molecule is CNC(C)C(=O)CC(C(=O)N1CCCC1Cn1cc(N2CCOC2=O)c2cc(Cl)ccc21)C1CCCCC1. The van der Waals surface area contributed by atoms with Crippen molar-refractivity contribution in [3.63, 3.8) is 0 Å². The third-order valence-electron chi connectivity index (χ3n) is 8.81. The Hall–Kier alpha value is -2.58. The molecule has 5 rings (SSSR count). The largest absolute Gasteiger partial charge is 0.447 e. The fraction of sp³-hybridized carbons (Fsp3) is 0.621.